The summed E-state index contributed by atoms with van der Waals surface area (Å²) in [6, 6.07) is 0. The van der Waals surface area contributed by atoms with Crippen LogP contribution in [-0.4, -0.2) is 40.5 Å². The highest BCUT2D eigenvalue weighted by Gasteiger charge is 2.48. The Labute approximate surface area is 92.1 Å². The van der Waals surface area contributed by atoms with E-state index in [0.717, 1.165) is 25.3 Å². The van der Waals surface area contributed by atoms with E-state index in [2.05, 4.69) is 31.4 Å². The molecule has 1 aliphatic heterocycles. The Bertz CT molecular complexity index is 225. The second-order valence-corrected chi connectivity index (χ2v) is 5.85. The lowest BCUT2D eigenvalue weighted by molar-refractivity contribution is 0.0457. The summed E-state index contributed by atoms with van der Waals surface area (Å²) in [5.41, 5.74) is 0.447. The van der Waals surface area contributed by atoms with Gasteiger partial charge in [0.25, 0.3) is 0 Å². The van der Waals surface area contributed by atoms with Gasteiger partial charge in [-0.2, -0.15) is 12.6 Å². The van der Waals surface area contributed by atoms with Crippen LogP contribution < -0.4 is 0 Å². The molecule has 1 unspecified atom stereocenters. The Hall–Kier alpha value is 0.270. The van der Waals surface area contributed by atoms with Gasteiger partial charge in [-0.15, -0.1) is 0 Å². The van der Waals surface area contributed by atoms with Crippen LogP contribution in [0.1, 0.15) is 33.1 Å². The molecule has 1 saturated carbocycles. The minimum absolute atomic E-state index is 0.0292. The van der Waals surface area contributed by atoms with Gasteiger partial charge >= 0.3 is 0 Å². The smallest absolute Gasteiger partial charge is 0.0730 e. The summed E-state index contributed by atoms with van der Waals surface area (Å²) in [6.07, 6.45) is 3.41. The summed E-state index contributed by atoms with van der Waals surface area (Å²) in [6.45, 7) is 6.47. The molecule has 1 atom stereocenters. The average molecular weight is 215 g/mol. The first-order chi connectivity index (χ1) is 6.50. The molecule has 0 aromatic carbocycles. The van der Waals surface area contributed by atoms with E-state index in [1.807, 2.05) is 0 Å². The lowest BCUT2D eigenvalue weighted by atomic mass is 9.97. The van der Waals surface area contributed by atoms with Gasteiger partial charge in [0, 0.05) is 18.6 Å². The van der Waals surface area contributed by atoms with Crippen molar-refractivity contribution in [2.45, 2.75) is 44.8 Å². The quantitative estimate of drug-likeness (QED) is 0.698. The fraction of sp³-hybridized carbons (Fsp3) is 1.00. The van der Waals surface area contributed by atoms with E-state index in [4.69, 9.17) is 0 Å². The number of hydrogen-bond donors (Lipinski definition) is 2. The molecule has 0 aromatic heterocycles. The van der Waals surface area contributed by atoms with Gasteiger partial charge in [-0.1, -0.05) is 0 Å². The van der Waals surface area contributed by atoms with Gasteiger partial charge in [0.2, 0.25) is 0 Å². The SMILES string of the molecule is CC1(C)C(O)CCN1CC1(CS)CC1. The summed E-state index contributed by atoms with van der Waals surface area (Å²) in [7, 11) is 0. The molecule has 1 N–H and O–H groups in total. The average Bonchev–Trinajstić information content (AvgIpc) is 2.87. The molecule has 0 spiro atoms. The predicted octanol–water partition coefficient (Wildman–Crippen LogP) is 1.54. The highest BCUT2D eigenvalue weighted by molar-refractivity contribution is 7.80. The van der Waals surface area contributed by atoms with Gasteiger partial charge < -0.3 is 5.11 Å². The van der Waals surface area contributed by atoms with E-state index in [-0.39, 0.29) is 11.6 Å². The van der Waals surface area contributed by atoms with Crippen molar-refractivity contribution in [1.82, 2.24) is 4.90 Å². The molecule has 0 aromatic rings. The number of thiol groups is 1. The fourth-order valence-corrected chi connectivity index (χ4v) is 2.78. The zero-order valence-electron chi connectivity index (χ0n) is 9.16. The van der Waals surface area contributed by atoms with Crippen molar-refractivity contribution >= 4 is 12.6 Å². The molecular formula is C11H21NOS. The molecule has 2 rings (SSSR count). The fourth-order valence-electron chi connectivity index (χ4n) is 2.36. The third-order valence-electron chi connectivity index (χ3n) is 4.12. The number of hydrogen-bond acceptors (Lipinski definition) is 3. The zero-order valence-corrected chi connectivity index (χ0v) is 10.1. The maximum Gasteiger partial charge on any atom is 0.0730 e. The first kappa shape index (κ1) is 10.8. The largest absolute Gasteiger partial charge is 0.391 e. The molecule has 14 heavy (non-hydrogen) atoms. The Morgan fingerprint density at radius 1 is 1.43 bits per heavy atom. The summed E-state index contributed by atoms with van der Waals surface area (Å²) >= 11 is 4.43. The van der Waals surface area contributed by atoms with Gasteiger partial charge in [-0.05, 0) is 44.3 Å². The molecule has 2 nitrogen and oxygen atoms in total. The molecule has 82 valence electrons. The van der Waals surface area contributed by atoms with E-state index >= 15 is 0 Å². The van der Waals surface area contributed by atoms with E-state index < -0.39 is 0 Å². The van der Waals surface area contributed by atoms with Crippen LogP contribution in [0.25, 0.3) is 0 Å². The lowest BCUT2D eigenvalue weighted by Gasteiger charge is -2.36. The predicted molar refractivity (Wildman–Crippen MR) is 61.8 cm³/mol. The van der Waals surface area contributed by atoms with Crippen molar-refractivity contribution in [3.63, 3.8) is 0 Å². The Morgan fingerprint density at radius 3 is 2.43 bits per heavy atom. The van der Waals surface area contributed by atoms with Crippen LogP contribution in [0.2, 0.25) is 0 Å². The van der Waals surface area contributed by atoms with Crippen LogP contribution in [0, 0.1) is 5.41 Å². The Morgan fingerprint density at radius 2 is 2.07 bits per heavy atom. The highest BCUT2D eigenvalue weighted by Crippen LogP contribution is 2.48. The topological polar surface area (TPSA) is 23.5 Å². The molecule has 1 aliphatic carbocycles. The van der Waals surface area contributed by atoms with E-state index in [9.17, 15) is 5.11 Å². The van der Waals surface area contributed by atoms with Crippen molar-refractivity contribution in [2.24, 2.45) is 5.41 Å². The summed E-state index contributed by atoms with van der Waals surface area (Å²) < 4.78 is 0. The van der Waals surface area contributed by atoms with E-state index in [0.29, 0.717) is 5.41 Å². The molecule has 2 aliphatic rings. The van der Waals surface area contributed by atoms with Crippen molar-refractivity contribution in [3.05, 3.63) is 0 Å². The summed E-state index contributed by atoms with van der Waals surface area (Å²) in [5.74, 6) is 0.996. The van der Waals surface area contributed by atoms with Crippen LogP contribution in [0.3, 0.4) is 0 Å². The van der Waals surface area contributed by atoms with Gasteiger partial charge in [0.05, 0.1) is 6.10 Å². The zero-order chi connectivity index (χ0) is 10.4. The van der Waals surface area contributed by atoms with Crippen LogP contribution in [0.5, 0.6) is 0 Å². The molecule has 0 radical (unpaired) electrons. The maximum absolute atomic E-state index is 9.86. The van der Waals surface area contributed by atoms with Crippen LogP contribution >= 0.6 is 12.6 Å². The van der Waals surface area contributed by atoms with Crippen molar-refractivity contribution in [3.8, 4) is 0 Å². The number of likely N-dealkylation sites (tertiary alicyclic amines) is 1. The Balaban J connectivity index is 1.99. The van der Waals surface area contributed by atoms with Gasteiger partial charge in [-0.25, -0.2) is 0 Å². The number of nitrogens with zero attached hydrogens (tertiary/aromatic N) is 1. The molecule has 2 fully saturated rings. The molecule has 3 heteroatoms. The van der Waals surface area contributed by atoms with Gasteiger partial charge in [-0.3, -0.25) is 4.90 Å². The molecule has 1 heterocycles. The van der Waals surface area contributed by atoms with Gasteiger partial charge in [0.15, 0.2) is 0 Å². The summed E-state index contributed by atoms with van der Waals surface area (Å²) in [5, 5.41) is 9.86. The van der Waals surface area contributed by atoms with Crippen molar-refractivity contribution in [2.75, 3.05) is 18.8 Å². The lowest BCUT2D eigenvalue weighted by Crippen LogP contribution is -2.47. The second-order valence-electron chi connectivity index (χ2n) is 5.54. The van der Waals surface area contributed by atoms with Crippen molar-refractivity contribution < 1.29 is 5.11 Å². The van der Waals surface area contributed by atoms with E-state index in [1.165, 1.54) is 12.8 Å². The molecular weight excluding hydrogens is 194 g/mol. The Kier molecular flexibility index (Phi) is 2.61. The first-order valence-corrected chi connectivity index (χ1v) is 6.17. The number of rotatable bonds is 3. The molecule has 1 saturated heterocycles. The van der Waals surface area contributed by atoms with Gasteiger partial charge in [0.1, 0.15) is 0 Å². The number of aliphatic hydroxyl groups excluding tert-OH is 1. The van der Waals surface area contributed by atoms with Crippen LogP contribution in [0.4, 0.5) is 0 Å². The van der Waals surface area contributed by atoms with Crippen LogP contribution in [-0.2, 0) is 0 Å². The maximum atomic E-state index is 9.86. The standard InChI is InChI=1S/C11H21NOS/c1-10(2)9(13)3-6-12(10)7-11(8-14)4-5-11/h9,13-14H,3-8H2,1-2H3. The first-order valence-electron chi connectivity index (χ1n) is 5.54. The second kappa shape index (κ2) is 3.39. The third-order valence-corrected chi connectivity index (χ3v) is 4.79. The van der Waals surface area contributed by atoms with E-state index in [1.54, 1.807) is 0 Å². The monoisotopic (exact) mass is 215 g/mol. The highest BCUT2D eigenvalue weighted by atomic mass is 32.1. The minimum Gasteiger partial charge on any atom is -0.391 e. The van der Waals surface area contributed by atoms with Crippen molar-refractivity contribution in [1.29, 1.82) is 0 Å². The third kappa shape index (κ3) is 1.70. The normalized spacial score (nSPS) is 34.7. The number of aliphatic hydroxyl groups is 1. The summed E-state index contributed by atoms with van der Waals surface area (Å²) in [4.78, 5) is 2.45. The van der Waals surface area contributed by atoms with Crippen LogP contribution in [0.15, 0.2) is 0 Å². The molecule has 0 bridgehead atoms. The molecule has 0 amide bonds. The minimum atomic E-state index is -0.154.